The number of Topliss-reactive ketones (excluding diaryl/α,β-unsaturated/α-hetero) is 1. The average molecular weight is 214 g/mol. The maximum Gasteiger partial charge on any atom is 0.162 e. The molecule has 1 aliphatic carbocycles. The minimum absolute atomic E-state index is 0.0632. The minimum atomic E-state index is 0.0632. The molecule has 1 unspecified atom stereocenters. The third-order valence-corrected chi connectivity index (χ3v) is 3.33. The molecule has 82 valence electrons. The van der Waals surface area contributed by atoms with Crippen molar-refractivity contribution in [3.63, 3.8) is 0 Å². The SMILES string of the molecule is O=C1CCCC2=C1CC(c1ccccc1)O2. The van der Waals surface area contributed by atoms with E-state index >= 15 is 0 Å². The molecule has 2 aliphatic rings. The molecule has 0 radical (unpaired) electrons. The molecular formula is C14H14O2. The van der Waals surface area contributed by atoms with Crippen LogP contribution in [-0.2, 0) is 9.53 Å². The number of allylic oxidation sites excluding steroid dienone is 1. The van der Waals surface area contributed by atoms with Gasteiger partial charge in [-0.05, 0) is 12.0 Å². The second kappa shape index (κ2) is 3.78. The van der Waals surface area contributed by atoms with Crippen LogP contribution in [0, 0.1) is 0 Å². The number of rotatable bonds is 1. The number of benzene rings is 1. The van der Waals surface area contributed by atoms with Gasteiger partial charge in [-0.25, -0.2) is 0 Å². The summed E-state index contributed by atoms with van der Waals surface area (Å²) in [7, 11) is 0. The highest BCUT2D eigenvalue weighted by Crippen LogP contribution is 2.40. The van der Waals surface area contributed by atoms with E-state index < -0.39 is 0 Å². The van der Waals surface area contributed by atoms with Crippen molar-refractivity contribution >= 4 is 5.78 Å². The van der Waals surface area contributed by atoms with Gasteiger partial charge in [0.2, 0.25) is 0 Å². The highest BCUT2D eigenvalue weighted by molar-refractivity contribution is 5.97. The zero-order valence-corrected chi connectivity index (χ0v) is 9.11. The summed E-state index contributed by atoms with van der Waals surface area (Å²) in [6.45, 7) is 0. The van der Waals surface area contributed by atoms with Gasteiger partial charge in [0, 0.05) is 24.8 Å². The Morgan fingerprint density at radius 1 is 1.12 bits per heavy atom. The molecule has 0 saturated heterocycles. The van der Waals surface area contributed by atoms with Gasteiger partial charge in [0.1, 0.15) is 11.9 Å². The van der Waals surface area contributed by atoms with Gasteiger partial charge in [0.15, 0.2) is 5.78 Å². The highest BCUT2D eigenvalue weighted by atomic mass is 16.5. The Labute approximate surface area is 94.9 Å². The molecule has 1 aromatic rings. The summed E-state index contributed by atoms with van der Waals surface area (Å²) in [4.78, 5) is 11.7. The summed E-state index contributed by atoms with van der Waals surface area (Å²) in [6, 6.07) is 10.1. The van der Waals surface area contributed by atoms with Crippen molar-refractivity contribution in [1.82, 2.24) is 0 Å². The normalized spacial score (nSPS) is 24.2. The van der Waals surface area contributed by atoms with Crippen LogP contribution in [0.1, 0.15) is 37.4 Å². The van der Waals surface area contributed by atoms with Gasteiger partial charge in [-0.2, -0.15) is 0 Å². The lowest BCUT2D eigenvalue weighted by atomic mass is 9.93. The van der Waals surface area contributed by atoms with E-state index in [0.29, 0.717) is 12.2 Å². The predicted molar refractivity (Wildman–Crippen MR) is 60.8 cm³/mol. The van der Waals surface area contributed by atoms with Crippen molar-refractivity contribution < 1.29 is 9.53 Å². The van der Waals surface area contributed by atoms with Gasteiger partial charge in [-0.3, -0.25) is 4.79 Å². The maximum atomic E-state index is 11.7. The summed E-state index contributed by atoms with van der Waals surface area (Å²) >= 11 is 0. The largest absolute Gasteiger partial charge is 0.489 e. The molecule has 1 heterocycles. The second-order valence-electron chi connectivity index (χ2n) is 4.40. The molecule has 1 atom stereocenters. The van der Waals surface area contributed by atoms with E-state index in [9.17, 15) is 4.79 Å². The van der Waals surface area contributed by atoms with E-state index in [4.69, 9.17) is 4.74 Å². The van der Waals surface area contributed by atoms with Crippen molar-refractivity contribution in [3.8, 4) is 0 Å². The molecular weight excluding hydrogens is 200 g/mol. The molecule has 0 N–H and O–H groups in total. The number of carbonyl (C=O) groups excluding carboxylic acids is 1. The lowest BCUT2D eigenvalue weighted by molar-refractivity contribution is -0.116. The fourth-order valence-corrected chi connectivity index (χ4v) is 2.48. The van der Waals surface area contributed by atoms with Crippen LogP contribution in [0.2, 0.25) is 0 Å². The summed E-state index contributed by atoms with van der Waals surface area (Å²) < 4.78 is 5.88. The van der Waals surface area contributed by atoms with Crippen LogP contribution in [0.5, 0.6) is 0 Å². The Balaban J connectivity index is 1.84. The van der Waals surface area contributed by atoms with E-state index in [0.717, 1.165) is 30.6 Å². The maximum absolute atomic E-state index is 11.7. The Kier molecular flexibility index (Phi) is 2.28. The zero-order chi connectivity index (χ0) is 11.0. The Bertz CT molecular complexity index is 445. The molecule has 1 aliphatic heterocycles. The average Bonchev–Trinajstić information content (AvgIpc) is 2.76. The van der Waals surface area contributed by atoms with Gasteiger partial charge in [-0.1, -0.05) is 30.3 Å². The number of hydrogen-bond acceptors (Lipinski definition) is 2. The number of ketones is 1. The first-order valence-corrected chi connectivity index (χ1v) is 5.81. The molecule has 2 heteroatoms. The molecule has 16 heavy (non-hydrogen) atoms. The van der Waals surface area contributed by atoms with Crippen LogP contribution >= 0.6 is 0 Å². The van der Waals surface area contributed by atoms with Gasteiger partial charge >= 0.3 is 0 Å². The smallest absolute Gasteiger partial charge is 0.162 e. The van der Waals surface area contributed by atoms with Gasteiger partial charge in [-0.15, -0.1) is 0 Å². The van der Waals surface area contributed by atoms with Crippen molar-refractivity contribution in [3.05, 3.63) is 47.2 Å². The van der Waals surface area contributed by atoms with E-state index in [1.165, 1.54) is 5.56 Å². The number of ether oxygens (including phenoxy) is 1. The van der Waals surface area contributed by atoms with E-state index in [2.05, 4.69) is 12.1 Å². The van der Waals surface area contributed by atoms with E-state index in [-0.39, 0.29) is 6.10 Å². The third-order valence-electron chi connectivity index (χ3n) is 3.33. The van der Waals surface area contributed by atoms with Crippen LogP contribution in [0.25, 0.3) is 0 Å². The molecule has 0 fully saturated rings. The Morgan fingerprint density at radius 2 is 1.94 bits per heavy atom. The number of hydrogen-bond donors (Lipinski definition) is 0. The summed E-state index contributed by atoms with van der Waals surface area (Å²) in [5.74, 6) is 1.24. The molecule has 2 nitrogen and oxygen atoms in total. The summed E-state index contributed by atoms with van der Waals surface area (Å²) in [6.07, 6.45) is 3.40. The van der Waals surface area contributed by atoms with Crippen LogP contribution < -0.4 is 0 Å². The zero-order valence-electron chi connectivity index (χ0n) is 9.11. The van der Waals surface area contributed by atoms with Crippen LogP contribution in [0.15, 0.2) is 41.7 Å². The molecule has 0 aromatic heterocycles. The van der Waals surface area contributed by atoms with E-state index in [1.807, 2.05) is 18.2 Å². The minimum Gasteiger partial charge on any atom is -0.489 e. The molecule has 3 rings (SSSR count). The van der Waals surface area contributed by atoms with E-state index in [1.54, 1.807) is 0 Å². The highest BCUT2D eigenvalue weighted by Gasteiger charge is 2.32. The molecule has 0 amide bonds. The summed E-state index contributed by atoms with van der Waals surface area (Å²) in [5, 5.41) is 0. The van der Waals surface area contributed by atoms with Gasteiger partial charge < -0.3 is 4.74 Å². The second-order valence-corrected chi connectivity index (χ2v) is 4.40. The first-order valence-electron chi connectivity index (χ1n) is 5.81. The first kappa shape index (κ1) is 9.64. The van der Waals surface area contributed by atoms with Crippen molar-refractivity contribution in [2.24, 2.45) is 0 Å². The summed E-state index contributed by atoms with van der Waals surface area (Å²) in [5.41, 5.74) is 2.12. The predicted octanol–water partition coefficient (Wildman–Crippen LogP) is 3.16. The van der Waals surface area contributed by atoms with Crippen molar-refractivity contribution in [1.29, 1.82) is 0 Å². The van der Waals surface area contributed by atoms with Crippen molar-refractivity contribution in [2.45, 2.75) is 31.8 Å². The van der Waals surface area contributed by atoms with Crippen LogP contribution in [-0.4, -0.2) is 5.78 Å². The van der Waals surface area contributed by atoms with Gasteiger partial charge in [0.05, 0.1) is 0 Å². The lowest BCUT2D eigenvalue weighted by Gasteiger charge is -2.13. The standard InChI is InChI=1S/C14H14O2/c15-12-7-4-8-13-11(12)9-14(16-13)10-5-2-1-3-6-10/h1-3,5-6,14H,4,7-9H2. The number of carbonyl (C=O) groups is 1. The lowest BCUT2D eigenvalue weighted by Crippen LogP contribution is -2.07. The quantitative estimate of drug-likeness (QED) is 0.717. The van der Waals surface area contributed by atoms with Crippen molar-refractivity contribution in [2.75, 3.05) is 0 Å². The first-order chi connectivity index (χ1) is 7.84. The monoisotopic (exact) mass is 214 g/mol. The third kappa shape index (κ3) is 1.54. The van der Waals surface area contributed by atoms with Crippen LogP contribution in [0.3, 0.4) is 0 Å². The van der Waals surface area contributed by atoms with Gasteiger partial charge in [0.25, 0.3) is 0 Å². The molecule has 0 spiro atoms. The Hall–Kier alpha value is -1.57. The Morgan fingerprint density at radius 3 is 2.69 bits per heavy atom. The molecule has 0 bridgehead atoms. The molecule has 1 aromatic carbocycles. The fourth-order valence-electron chi connectivity index (χ4n) is 2.48. The molecule has 0 saturated carbocycles. The van der Waals surface area contributed by atoms with Crippen LogP contribution in [0.4, 0.5) is 0 Å². The fraction of sp³-hybridized carbons (Fsp3) is 0.357. The topological polar surface area (TPSA) is 26.3 Å².